The van der Waals surface area contributed by atoms with Crippen molar-refractivity contribution in [1.29, 1.82) is 0 Å². The molecule has 5 nitrogen and oxygen atoms in total. The van der Waals surface area contributed by atoms with Crippen molar-refractivity contribution in [2.75, 3.05) is 6.54 Å². The Hall–Kier alpha value is -1.78. The van der Waals surface area contributed by atoms with E-state index in [0.29, 0.717) is 24.6 Å². The van der Waals surface area contributed by atoms with Crippen molar-refractivity contribution in [2.24, 2.45) is 5.92 Å². The van der Waals surface area contributed by atoms with E-state index in [1.165, 1.54) is 6.07 Å². The van der Waals surface area contributed by atoms with Crippen LogP contribution in [0, 0.1) is 5.92 Å². The van der Waals surface area contributed by atoms with Crippen LogP contribution in [0.15, 0.2) is 10.5 Å². The minimum absolute atomic E-state index is 0.0913. The summed E-state index contributed by atoms with van der Waals surface area (Å²) in [7, 11) is 0. The van der Waals surface area contributed by atoms with Crippen LogP contribution in [-0.4, -0.2) is 34.5 Å². The fraction of sp³-hybridized carbons (Fsp3) is 0.600. The summed E-state index contributed by atoms with van der Waals surface area (Å²) >= 11 is 0. The fourth-order valence-electron chi connectivity index (χ4n) is 2.74. The lowest BCUT2D eigenvalue weighted by atomic mass is 9.92. The van der Waals surface area contributed by atoms with Gasteiger partial charge >= 0.3 is 5.97 Å². The Morgan fingerprint density at radius 2 is 2.15 bits per heavy atom. The predicted molar refractivity (Wildman–Crippen MR) is 73.9 cm³/mol. The first-order valence-corrected chi connectivity index (χ1v) is 7.12. The summed E-state index contributed by atoms with van der Waals surface area (Å²) in [4.78, 5) is 25.4. The van der Waals surface area contributed by atoms with E-state index in [0.717, 1.165) is 12.8 Å². The second-order valence-electron chi connectivity index (χ2n) is 5.46. The maximum Gasteiger partial charge on any atom is 0.339 e. The number of aryl methyl sites for hydroxylation is 1. The van der Waals surface area contributed by atoms with Gasteiger partial charge in [0, 0.05) is 25.1 Å². The van der Waals surface area contributed by atoms with Crippen LogP contribution in [0.2, 0.25) is 0 Å². The van der Waals surface area contributed by atoms with Crippen molar-refractivity contribution < 1.29 is 19.1 Å². The number of nitrogens with zero attached hydrogens (tertiary/aromatic N) is 1. The largest absolute Gasteiger partial charge is 0.478 e. The average Bonchev–Trinajstić information content (AvgIpc) is 2.85. The van der Waals surface area contributed by atoms with Crippen LogP contribution in [0.25, 0.3) is 0 Å². The van der Waals surface area contributed by atoms with Gasteiger partial charge in [-0.3, -0.25) is 4.79 Å². The van der Waals surface area contributed by atoms with E-state index >= 15 is 0 Å². The summed E-state index contributed by atoms with van der Waals surface area (Å²) in [5.74, 6) is -0.304. The summed E-state index contributed by atoms with van der Waals surface area (Å²) in [6.07, 6.45) is 2.55. The number of carbonyl (C=O) groups excluding carboxylic acids is 1. The van der Waals surface area contributed by atoms with E-state index < -0.39 is 5.97 Å². The standard InChI is InChI=1S/C15H21NO4/c1-4-12-11(15(18)19)8-13(20-12)14(17)16-7-5-6-9(2)10(16)3/h8-10H,4-7H2,1-3H3,(H,18,19). The fourth-order valence-corrected chi connectivity index (χ4v) is 2.74. The molecule has 1 aliphatic heterocycles. The van der Waals surface area contributed by atoms with Crippen LogP contribution >= 0.6 is 0 Å². The molecule has 0 aliphatic carbocycles. The normalized spacial score (nSPS) is 22.9. The Morgan fingerprint density at radius 3 is 2.70 bits per heavy atom. The van der Waals surface area contributed by atoms with Gasteiger partial charge in [-0.05, 0) is 25.7 Å². The number of hydrogen-bond acceptors (Lipinski definition) is 3. The average molecular weight is 279 g/mol. The van der Waals surface area contributed by atoms with Gasteiger partial charge in [-0.2, -0.15) is 0 Å². The summed E-state index contributed by atoms with van der Waals surface area (Å²) in [6, 6.07) is 1.51. The minimum atomic E-state index is -1.05. The van der Waals surface area contributed by atoms with Crippen LogP contribution in [0.4, 0.5) is 0 Å². The van der Waals surface area contributed by atoms with E-state index in [9.17, 15) is 9.59 Å². The molecule has 2 rings (SSSR count). The molecule has 20 heavy (non-hydrogen) atoms. The molecule has 2 unspecified atom stereocenters. The lowest BCUT2D eigenvalue weighted by Gasteiger charge is -2.37. The highest BCUT2D eigenvalue weighted by atomic mass is 16.4. The molecular weight excluding hydrogens is 258 g/mol. The Kier molecular flexibility index (Phi) is 4.16. The number of likely N-dealkylation sites (tertiary alicyclic amines) is 1. The predicted octanol–water partition coefficient (Wildman–Crippen LogP) is 2.80. The molecule has 1 saturated heterocycles. The van der Waals surface area contributed by atoms with Crippen molar-refractivity contribution in [3.05, 3.63) is 23.2 Å². The molecule has 5 heteroatoms. The molecule has 1 N–H and O–H groups in total. The van der Waals surface area contributed by atoms with Gasteiger partial charge in [-0.1, -0.05) is 13.8 Å². The zero-order chi connectivity index (χ0) is 14.9. The smallest absolute Gasteiger partial charge is 0.339 e. The molecule has 2 heterocycles. The molecule has 1 aromatic rings. The molecule has 0 spiro atoms. The molecule has 110 valence electrons. The Bertz CT molecular complexity index is 520. The molecular formula is C15H21NO4. The number of hydrogen-bond donors (Lipinski definition) is 1. The molecule has 0 radical (unpaired) electrons. The number of carboxylic acids is 1. The monoisotopic (exact) mass is 279 g/mol. The van der Waals surface area contributed by atoms with Crippen LogP contribution < -0.4 is 0 Å². The quantitative estimate of drug-likeness (QED) is 0.923. The van der Waals surface area contributed by atoms with E-state index in [2.05, 4.69) is 6.92 Å². The van der Waals surface area contributed by atoms with Gasteiger partial charge in [-0.25, -0.2) is 4.79 Å². The number of furan rings is 1. The van der Waals surface area contributed by atoms with E-state index in [-0.39, 0.29) is 23.3 Å². The SMILES string of the molecule is CCc1oc(C(=O)N2CCCC(C)C2C)cc1C(=O)O. The van der Waals surface area contributed by atoms with Crippen molar-refractivity contribution in [3.63, 3.8) is 0 Å². The highest BCUT2D eigenvalue weighted by Crippen LogP contribution is 2.26. The molecule has 1 fully saturated rings. The van der Waals surface area contributed by atoms with Gasteiger partial charge in [0.15, 0.2) is 5.76 Å². The van der Waals surface area contributed by atoms with E-state index in [1.54, 1.807) is 4.90 Å². The maximum atomic E-state index is 12.5. The first-order chi connectivity index (χ1) is 9.45. The Morgan fingerprint density at radius 1 is 1.45 bits per heavy atom. The van der Waals surface area contributed by atoms with Gasteiger partial charge in [-0.15, -0.1) is 0 Å². The van der Waals surface area contributed by atoms with Crippen LogP contribution in [0.5, 0.6) is 0 Å². The summed E-state index contributed by atoms with van der Waals surface area (Å²) < 4.78 is 5.45. The molecule has 0 saturated carbocycles. The van der Waals surface area contributed by atoms with Crippen molar-refractivity contribution in [2.45, 2.75) is 46.1 Å². The number of aromatic carboxylic acids is 1. The first kappa shape index (κ1) is 14.6. The number of amides is 1. The minimum Gasteiger partial charge on any atom is -0.478 e. The van der Waals surface area contributed by atoms with Crippen LogP contribution in [-0.2, 0) is 6.42 Å². The number of piperidine rings is 1. The second-order valence-corrected chi connectivity index (χ2v) is 5.46. The molecule has 2 atom stereocenters. The van der Waals surface area contributed by atoms with Gasteiger partial charge in [0.2, 0.25) is 0 Å². The lowest BCUT2D eigenvalue weighted by Crippen LogP contribution is -2.45. The highest BCUT2D eigenvalue weighted by Gasteiger charge is 2.31. The summed E-state index contributed by atoms with van der Waals surface area (Å²) in [5.41, 5.74) is 0.0913. The third-order valence-corrected chi connectivity index (χ3v) is 4.21. The topological polar surface area (TPSA) is 70.8 Å². The Balaban J connectivity index is 2.27. The third kappa shape index (κ3) is 2.57. The zero-order valence-electron chi connectivity index (χ0n) is 12.2. The summed E-state index contributed by atoms with van der Waals surface area (Å²) in [6.45, 7) is 6.68. The maximum absolute atomic E-state index is 12.5. The van der Waals surface area contributed by atoms with Gasteiger partial charge in [0.25, 0.3) is 5.91 Å². The molecule has 1 aliphatic rings. The molecule has 1 aromatic heterocycles. The van der Waals surface area contributed by atoms with Gasteiger partial charge < -0.3 is 14.4 Å². The first-order valence-electron chi connectivity index (χ1n) is 7.12. The number of carboxylic acid groups (broad SMARTS) is 1. The molecule has 1 amide bonds. The van der Waals surface area contributed by atoms with Crippen molar-refractivity contribution in [1.82, 2.24) is 4.90 Å². The zero-order valence-corrected chi connectivity index (χ0v) is 12.2. The number of carbonyl (C=O) groups is 2. The second kappa shape index (κ2) is 5.69. The van der Waals surface area contributed by atoms with E-state index in [1.807, 2.05) is 13.8 Å². The lowest BCUT2D eigenvalue weighted by molar-refractivity contribution is 0.0517. The van der Waals surface area contributed by atoms with Crippen molar-refractivity contribution >= 4 is 11.9 Å². The highest BCUT2D eigenvalue weighted by molar-refractivity contribution is 5.96. The van der Waals surface area contributed by atoms with Crippen molar-refractivity contribution in [3.8, 4) is 0 Å². The van der Waals surface area contributed by atoms with Crippen LogP contribution in [0.1, 0.15) is 60.3 Å². The third-order valence-electron chi connectivity index (χ3n) is 4.21. The molecule has 0 bridgehead atoms. The van der Waals surface area contributed by atoms with Gasteiger partial charge in [0.05, 0.1) is 0 Å². The van der Waals surface area contributed by atoms with E-state index in [4.69, 9.17) is 9.52 Å². The molecule has 0 aromatic carbocycles. The van der Waals surface area contributed by atoms with Crippen LogP contribution in [0.3, 0.4) is 0 Å². The van der Waals surface area contributed by atoms with Gasteiger partial charge in [0.1, 0.15) is 11.3 Å². The number of rotatable bonds is 3. The summed E-state index contributed by atoms with van der Waals surface area (Å²) in [5, 5.41) is 9.11. The Labute approximate surface area is 118 Å².